The lowest BCUT2D eigenvalue weighted by molar-refractivity contribution is 0.949. The summed E-state index contributed by atoms with van der Waals surface area (Å²) in [5.74, 6) is 0.402. The minimum atomic E-state index is 0.402. The number of nitrogens with zero attached hydrogens (tertiary/aromatic N) is 5. The van der Waals surface area contributed by atoms with Crippen molar-refractivity contribution < 1.29 is 0 Å². The number of anilines is 1. The van der Waals surface area contributed by atoms with Crippen molar-refractivity contribution in [1.82, 2.24) is 19.7 Å². The van der Waals surface area contributed by atoms with Gasteiger partial charge in [0.15, 0.2) is 5.65 Å². The number of benzene rings is 1. The highest BCUT2D eigenvalue weighted by atomic mass is 15.4. The number of aromatic nitrogens is 4. The fraction of sp³-hybridized carbons (Fsp3) is 0.231. The molecule has 0 aliphatic heterocycles. The monoisotopic (exact) mass is 254 g/mol. The Balaban J connectivity index is 2.20. The zero-order valence-corrected chi connectivity index (χ0v) is 11.0. The van der Waals surface area contributed by atoms with E-state index in [1.54, 1.807) is 0 Å². The first kappa shape index (κ1) is 11.6. The molecule has 0 amide bonds. The smallest absolute Gasteiger partial charge is 0.265 e. The van der Waals surface area contributed by atoms with Crippen molar-refractivity contribution in [1.29, 1.82) is 0 Å². The second kappa shape index (κ2) is 4.31. The third-order valence-electron chi connectivity index (χ3n) is 2.89. The van der Waals surface area contributed by atoms with Crippen molar-refractivity contribution in [3.8, 4) is 0 Å². The number of hydrogen-bond donors (Lipinski definition) is 1. The largest absolute Gasteiger partial charge is 0.327 e. The van der Waals surface area contributed by atoms with Crippen molar-refractivity contribution in [2.45, 2.75) is 13.8 Å². The summed E-state index contributed by atoms with van der Waals surface area (Å²) in [5, 5.41) is 13.4. The van der Waals surface area contributed by atoms with Gasteiger partial charge in [-0.05, 0) is 19.9 Å². The number of nitrogens with one attached hydrogen (secondary N) is 1. The molecule has 6 heteroatoms. The van der Waals surface area contributed by atoms with Crippen LogP contribution < -0.4 is 5.43 Å². The fourth-order valence-corrected chi connectivity index (χ4v) is 2.02. The Morgan fingerprint density at radius 1 is 1.21 bits per heavy atom. The molecule has 1 aromatic carbocycles. The van der Waals surface area contributed by atoms with Crippen molar-refractivity contribution in [2.75, 3.05) is 5.43 Å². The molecule has 0 bridgehead atoms. The quantitative estimate of drug-likeness (QED) is 0.563. The van der Waals surface area contributed by atoms with Crippen LogP contribution in [0.3, 0.4) is 0 Å². The molecular weight excluding hydrogens is 240 g/mol. The van der Waals surface area contributed by atoms with Gasteiger partial charge in [-0.15, -0.1) is 10.2 Å². The second-order valence-corrected chi connectivity index (χ2v) is 4.55. The molecule has 3 rings (SSSR count). The van der Waals surface area contributed by atoms with Crippen molar-refractivity contribution >= 4 is 33.7 Å². The van der Waals surface area contributed by atoms with Crippen molar-refractivity contribution in [3.63, 3.8) is 0 Å². The molecule has 0 aliphatic carbocycles. The first-order valence-corrected chi connectivity index (χ1v) is 6.01. The lowest BCUT2D eigenvalue weighted by Gasteiger charge is -1.99. The van der Waals surface area contributed by atoms with E-state index in [0.29, 0.717) is 5.95 Å². The topological polar surface area (TPSA) is 68.0 Å². The first-order chi connectivity index (χ1) is 9.16. The Morgan fingerprint density at radius 2 is 2.00 bits per heavy atom. The fourth-order valence-electron chi connectivity index (χ4n) is 2.02. The van der Waals surface area contributed by atoms with Crippen LogP contribution in [-0.2, 0) is 7.05 Å². The highest BCUT2D eigenvalue weighted by molar-refractivity contribution is 6.04. The van der Waals surface area contributed by atoms with E-state index in [4.69, 9.17) is 0 Å². The molecule has 0 radical (unpaired) electrons. The lowest BCUT2D eigenvalue weighted by Crippen LogP contribution is -2.01. The molecule has 0 fully saturated rings. The van der Waals surface area contributed by atoms with Crippen LogP contribution in [0.25, 0.3) is 22.1 Å². The van der Waals surface area contributed by atoms with Gasteiger partial charge in [0.05, 0.1) is 5.52 Å². The van der Waals surface area contributed by atoms with Crippen LogP contribution in [0.2, 0.25) is 0 Å². The van der Waals surface area contributed by atoms with Crippen LogP contribution in [0, 0.1) is 0 Å². The van der Waals surface area contributed by atoms with E-state index in [1.165, 1.54) is 0 Å². The van der Waals surface area contributed by atoms with Crippen LogP contribution in [0.5, 0.6) is 0 Å². The first-order valence-electron chi connectivity index (χ1n) is 6.01. The number of hydrogen-bond acceptors (Lipinski definition) is 5. The molecular formula is C13H14N6. The Kier molecular flexibility index (Phi) is 2.63. The number of fused-ring (bicyclic) bond motifs is 3. The normalized spacial score (nSPS) is 10.9. The lowest BCUT2D eigenvalue weighted by atomic mass is 10.2. The average Bonchev–Trinajstić information content (AvgIpc) is 2.71. The molecule has 0 saturated carbocycles. The van der Waals surface area contributed by atoms with Gasteiger partial charge >= 0.3 is 0 Å². The Bertz CT molecular complexity index is 782. The zero-order valence-electron chi connectivity index (χ0n) is 11.0. The van der Waals surface area contributed by atoms with Crippen molar-refractivity contribution in [3.05, 3.63) is 24.3 Å². The summed E-state index contributed by atoms with van der Waals surface area (Å²) in [6.07, 6.45) is 0. The van der Waals surface area contributed by atoms with Gasteiger partial charge in [-0.3, -0.25) is 0 Å². The highest BCUT2D eigenvalue weighted by Crippen LogP contribution is 2.24. The minimum Gasteiger partial charge on any atom is -0.327 e. The van der Waals surface area contributed by atoms with Crippen LogP contribution in [0.4, 0.5) is 5.95 Å². The third kappa shape index (κ3) is 1.91. The maximum atomic E-state index is 4.46. The molecule has 0 atom stereocenters. The van der Waals surface area contributed by atoms with E-state index in [2.05, 4.69) is 25.7 Å². The predicted molar refractivity (Wildman–Crippen MR) is 76.2 cm³/mol. The molecule has 6 nitrogen and oxygen atoms in total. The Morgan fingerprint density at radius 3 is 2.79 bits per heavy atom. The van der Waals surface area contributed by atoms with Gasteiger partial charge in [0, 0.05) is 18.1 Å². The number of rotatable bonds is 2. The summed E-state index contributed by atoms with van der Waals surface area (Å²) in [5.41, 5.74) is 6.39. The maximum absolute atomic E-state index is 4.46. The molecule has 0 spiro atoms. The highest BCUT2D eigenvalue weighted by Gasteiger charge is 2.11. The molecule has 0 saturated heterocycles. The van der Waals surface area contributed by atoms with Gasteiger partial charge in [0.2, 0.25) is 0 Å². The number of aryl methyl sites for hydroxylation is 1. The summed E-state index contributed by atoms with van der Waals surface area (Å²) < 4.78 is 2.01. The minimum absolute atomic E-state index is 0.402. The van der Waals surface area contributed by atoms with E-state index < -0.39 is 0 Å². The summed E-state index contributed by atoms with van der Waals surface area (Å²) >= 11 is 0. The molecule has 2 aromatic heterocycles. The number of para-hydroxylation sites is 1. The van der Waals surface area contributed by atoms with E-state index in [0.717, 1.165) is 27.8 Å². The van der Waals surface area contributed by atoms with Crippen LogP contribution in [0.1, 0.15) is 13.8 Å². The molecule has 3 aromatic rings. The van der Waals surface area contributed by atoms with E-state index >= 15 is 0 Å². The predicted octanol–water partition coefficient (Wildman–Crippen LogP) is 2.32. The molecule has 0 aliphatic rings. The average molecular weight is 254 g/mol. The van der Waals surface area contributed by atoms with Crippen LogP contribution in [-0.4, -0.2) is 25.5 Å². The van der Waals surface area contributed by atoms with Crippen LogP contribution >= 0.6 is 0 Å². The van der Waals surface area contributed by atoms with Gasteiger partial charge in [0.1, 0.15) is 5.52 Å². The summed E-state index contributed by atoms with van der Waals surface area (Å²) in [6, 6.07) is 8.05. The van der Waals surface area contributed by atoms with E-state index in [1.807, 2.05) is 49.7 Å². The molecule has 96 valence electrons. The van der Waals surface area contributed by atoms with Crippen LogP contribution in [0.15, 0.2) is 29.4 Å². The summed E-state index contributed by atoms with van der Waals surface area (Å²) in [4.78, 5) is 4.46. The van der Waals surface area contributed by atoms with Gasteiger partial charge < -0.3 is 4.57 Å². The number of hydrazone groups is 1. The molecule has 0 unspecified atom stereocenters. The van der Waals surface area contributed by atoms with Gasteiger partial charge in [0.25, 0.3) is 5.95 Å². The van der Waals surface area contributed by atoms with Gasteiger partial charge in [-0.2, -0.15) is 10.1 Å². The van der Waals surface area contributed by atoms with E-state index in [9.17, 15) is 0 Å². The Labute approximate surface area is 110 Å². The molecule has 19 heavy (non-hydrogen) atoms. The zero-order chi connectivity index (χ0) is 13.4. The maximum Gasteiger partial charge on any atom is 0.265 e. The van der Waals surface area contributed by atoms with Gasteiger partial charge in [-0.1, -0.05) is 18.2 Å². The summed E-state index contributed by atoms with van der Waals surface area (Å²) in [7, 11) is 1.97. The SMILES string of the molecule is CC(C)=NNc1nnc2c3ccccc3n(C)c2n1. The molecule has 2 heterocycles. The van der Waals surface area contributed by atoms with E-state index in [-0.39, 0.29) is 0 Å². The molecule has 1 N–H and O–H groups in total. The summed E-state index contributed by atoms with van der Waals surface area (Å²) in [6.45, 7) is 3.80. The Hall–Kier alpha value is -2.50. The van der Waals surface area contributed by atoms with Crippen molar-refractivity contribution in [2.24, 2.45) is 12.1 Å². The second-order valence-electron chi connectivity index (χ2n) is 4.55. The third-order valence-corrected chi connectivity index (χ3v) is 2.89. The standard InChI is InChI=1S/C13H14N6/c1-8(2)15-17-13-14-12-11(16-18-13)9-6-4-5-7-10(9)19(12)3/h4-7H,1-3H3,(H,14,17,18). The van der Waals surface area contributed by atoms with Gasteiger partial charge in [-0.25, -0.2) is 5.43 Å².